The Bertz CT molecular complexity index is 1900. The van der Waals surface area contributed by atoms with Crippen molar-refractivity contribution in [2.75, 3.05) is 20.3 Å². The first-order valence-corrected chi connectivity index (χ1v) is 13.0. The van der Waals surface area contributed by atoms with Crippen LogP contribution in [0.5, 0.6) is 11.5 Å². The number of fused-ring (bicyclic) bond motifs is 2. The molecule has 0 spiro atoms. The fourth-order valence-electron chi connectivity index (χ4n) is 4.84. The van der Waals surface area contributed by atoms with Gasteiger partial charge in [-0.1, -0.05) is 0 Å². The Balaban J connectivity index is 1.61. The number of carbonyl (C=O) groups is 2. The van der Waals surface area contributed by atoms with Crippen LogP contribution in [0.3, 0.4) is 0 Å². The van der Waals surface area contributed by atoms with Crippen molar-refractivity contribution in [2.24, 2.45) is 5.73 Å². The summed E-state index contributed by atoms with van der Waals surface area (Å²) in [7, 11) is 1.14. The van der Waals surface area contributed by atoms with Gasteiger partial charge in [0.25, 0.3) is 5.91 Å². The molecule has 244 valence electrons. The number of methoxy groups -OCH3 is 1. The van der Waals surface area contributed by atoms with Gasteiger partial charge in [0, 0.05) is 34.3 Å². The molecule has 0 saturated heterocycles. The fourth-order valence-corrected chi connectivity index (χ4v) is 4.84. The van der Waals surface area contributed by atoms with Gasteiger partial charge in [0.05, 0.1) is 19.3 Å². The third-order valence-electron chi connectivity index (χ3n) is 7.55. The van der Waals surface area contributed by atoms with Crippen molar-refractivity contribution >= 4 is 22.7 Å². The number of rotatable bonds is 8. The zero-order valence-corrected chi connectivity index (χ0v) is 23.5. The predicted molar refractivity (Wildman–Crippen MR) is 141 cm³/mol. The normalized spacial score (nSPS) is 17.5. The molecule has 0 aliphatic carbocycles. The molecule has 5 rings (SSSR count). The molecule has 1 aliphatic heterocycles. The number of amides is 2. The largest absolute Gasteiger partial charge is 0.494 e. The highest BCUT2D eigenvalue weighted by Gasteiger charge is 2.58. The Labute approximate surface area is 252 Å². The molecule has 10 nitrogen and oxygen atoms in total. The molecule has 4 N–H and O–H groups in total. The van der Waals surface area contributed by atoms with Crippen LogP contribution in [0, 0.1) is 17.5 Å². The van der Waals surface area contributed by atoms with Gasteiger partial charge >= 0.3 is 12.7 Å². The summed E-state index contributed by atoms with van der Waals surface area (Å²) in [6.07, 6.45) is -4.75. The summed E-state index contributed by atoms with van der Waals surface area (Å²) in [6.45, 7) is -4.06. The second-order valence-corrected chi connectivity index (χ2v) is 10.5. The molecule has 2 amide bonds. The molecule has 3 heterocycles. The first-order chi connectivity index (χ1) is 21.4. The Morgan fingerprint density at radius 3 is 2.41 bits per heavy atom. The van der Waals surface area contributed by atoms with E-state index in [9.17, 15) is 49.8 Å². The lowest BCUT2D eigenvalue weighted by Crippen LogP contribution is -2.51. The minimum atomic E-state index is -5.62. The van der Waals surface area contributed by atoms with Crippen molar-refractivity contribution in [3.8, 4) is 22.8 Å². The van der Waals surface area contributed by atoms with Crippen LogP contribution in [-0.4, -0.2) is 58.1 Å². The zero-order valence-electron chi connectivity index (χ0n) is 23.5. The van der Waals surface area contributed by atoms with Crippen LogP contribution in [0.2, 0.25) is 0 Å². The minimum Gasteiger partial charge on any atom is -0.494 e. The Morgan fingerprint density at radius 2 is 1.80 bits per heavy atom. The van der Waals surface area contributed by atoms with Crippen LogP contribution >= 0.6 is 0 Å². The van der Waals surface area contributed by atoms with E-state index >= 15 is 0 Å². The number of hydrogen-bond donors (Lipinski definition) is 3. The van der Waals surface area contributed by atoms with Gasteiger partial charge < -0.3 is 25.6 Å². The van der Waals surface area contributed by atoms with Crippen LogP contribution in [0.4, 0.5) is 35.1 Å². The van der Waals surface area contributed by atoms with E-state index in [2.05, 4.69) is 10.1 Å². The van der Waals surface area contributed by atoms with Gasteiger partial charge in [0.1, 0.15) is 40.5 Å². The van der Waals surface area contributed by atoms with Crippen molar-refractivity contribution < 1.29 is 59.3 Å². The zero-order chi connectivity index (χ0) is 33.9. The van der Waals surface area contributed by atoms with E-state index < -0.39 is 88.9 Å². The molecule has 0 fully saturated rings. The average molecular weight is 659 g/mol. The van der Waals surface area contributed by atoms with E-state index in [1.165, 1.54) is 6.92 Å². The highest BCUT2D eigenvalue weighted by atomic mass is 19.4. The Morgan fingerprint density at radius 1 is 1.13 bits per heavy atom. The van der Waals surface area contributed by atoms with E-state index in [0.717, 1.165) is 25.4 Å². The number of carbonyl (C=O) groups excluding carboxylic acids is 2. The maximum Gasteiger partial charge on any atom is 0.424 e. The summed E-state index contributed by atoms with van der Waals surface area (Å²) in [5, 5.41) is 16.6. The summed E-state index contributed by atoms with van der Waals surface area (Å²) in [5.41, 5.74) is -4.25. The highest BCUT2D eigenvalue weighted by molar-refractivity contribution is 6.00. The molecule has 18 heteroatoms. The second-order valence-electron chi connectivity index (χ2n) is 10.5. The third-order valence-corrected chi connectivity index (χ3v) is 7.55. The van der Waals surface area contributed by atoms with E-state index in [1.54, 1.807) is 0 Å². The van der Waals surface area contributed by atoms with Crippen LogP contribution in [0.15, 0.2) is 36.5 Å². The van der Waals surface area contributed by atoms with Crippen molar-refractivity contribution in [2.45, 2.75) is 30.7 Å². The number of alkyl halides is 5. The molecule has 2 aromatic heterocycles. The number of aromatic nitrogens is 3. The van der Waals surface area contributed by atoms with E-state index in [1.807, 2.05) is 5.32 Å². The van der Waals surface area contributed by atoms with Crippen LogP contribution in [-0.2, 0) is 15.8 Å². The number of pyridine rings is 1. The van der Waals surface area contributed by atoms with Crippen molar-refractivity contribution in [1.82, 2.24) is 20.1 Å². The van der Waals surface area contributed by atoms with Crippen LogP contribution < -0.4 is 20.5 Å². The number of nitrogens with two attached hydrogens (primary N) is 1. The maximum atomic E-state index is 14.9. The number of nitrogens with zero attached hydrogens (tertiary/aromatic N) is 3. The lowest BCUT2D eigenvalue weighted by Gasteiger charge is -2.31. The topological polar surface area (TPSA) is 142 Å². The number of ether oxygens (including phenoxy) is 2. The number of benzene rings is 2. The van der Waals surface area contributed by atoms with Crippen molar-refractivity contribution in [3.05, 3.63) is 70.8 Å². The van der Waals surface area contributed by atoms with Crippen molar-refractivity contribution in [3.63, 3.8) is 0 Å². The molecule has 4 aromatic rings. The third kappa shape index (κ3) is 5.21. The standard InChI is InChI=1S/C28H21F8N5O5/c1-26(24(37)43)10-46-22-14(26)6-19(39-21(22)13-5-16(30)17(31)7-15(13)29)27(44,28(34,35)36)9-38-23(42)11-3-12-8-41(25(32)33)40-20(12)18(4-11)45-2/h3-8,25,44H,9-10H2,1-2H3,(H2,37,43)(H,38,42)/t26-,27-/m0/s1. The monoisotopic (exact) mass is 659 g/mol. The summed E-state index contributed by atoms with van der Waals surface area (Å²) in [4.78, 5) is 29.1. The van der Waals surface area contributed by atoms with Gasteiger partial charge in [-0.2, -0.15) is 27.1 Å². The predicted octanol–water partition coefficient (Wildman–Crippen LogP) is 4.23. The summed E-state index contributed by atoms with van der Waals surface area (Å²) in [5.74, 6) is -7.66. The lowest BCUT2D eigenvalue weighted by atomic mass is 9.81. The van der Waals surface area contributed by atoms with Crippen molar-refractivity contribution in [1.29, 1.82) is 0 Å². The molecular formula is C28H21F8N5O5. The lowest BCUT2D eigenvalue weighted by molar-refractivity contribution is -0.265. The van der Waals surface area contributed by atoms with Gasteiger partial charge in [-0.05, 0) is 31.2 Å². The maximum absolute atomic E-state index is 14.9. The molecule has 1 aliphatic rings. The average Bonchev–Trinajstić information content (AvgIpc) is 3.58. The van der Waals surface area contributed by atoms with E-state index in [-0.39, 0.29) is 38.5 Å². The van der Waals surface area contributed by atoms with Gasteiger partial charge in [0.2, 0.25) is 11.5 Å². The Kier molecular flexibility index (Phi) is 7.82. The molecule has 2 atom stereocenters. The summed E-state index contributed by atoms with van der Waals surface area (Å²) in [6, 6.07) is 3.09. The Hall–Kier alpha value is -5.00. The van der Waals surface area contributed by atoms with Crippen LogP contribution in [0.1, 0.15) is 35.1 Å². The molecule has 0 radical (unpaired) electrons. The number of primary amides is 1. The summed E-state index contributed by atoms with van der Waals surface area (Å²) >= 11 is 0. The minimum absolute atomic E-state index is 0.0277. The van der Waals surface area contributed by atoms with Gasteiger partial charge in [-0.15, -0.1) is 0 Å². The second kappa shape index (κ2) is 11.1. The van der Waals surface area contributed by atoms with Gasteiger partial charge in [-0.3, -0.25) is 9.59 Å². The smallest absolute Gasteiger partial charge is 0.424 e. The van der Waals surface area contributed by atoms with E-state index in [0.29, 0.717) is 12.1 Å². The quantitative estimate of drug-likeness (QED) is 0.190. The molecule has 0 bridgehead atoms. The van der Waals surface area contributed by atoms with Crippen LogP contribution in [0.25, 0.3) is 22.2 Å². The van der Waals surface area contributed by atoms with Gasteiger partial charge in [0.15, 0.2) is 11.6 Å². The molecule has 46 heavy (non-hydrogen) atoms. The fraction of sp³-hybridized carbons (Fsp3) is 0.286. The highest BCUT2D eigenvalue weighted by Crippen LogP contribution is 2.48. The van der Waals surface area contributed by atoms with E-state index in [4.69, 9.17) is 15.2 Å². The number of hydrogen-bond acceptors (Lipinski definition) is 7. The summed E-state index contributed by atoms with van der Waals surface area (Å²) < 4.78 is 124. The first-order valence-electron chi connectivity index (χ1n) is 13.0. The molecule has 0 unspecified atom stereocenters. The SMILES string of the molecule is COc1cc(C(=O)NC[C@](O)(c2cc3c(c(-c4cc(F)c(F)cc4F)n2)OC[C@]3(C)C(N)=O)C(F)(F)F)cc2cn(C(F)F)nc12. The number of halogens is 8. The van der Waals surface area contributed by atoms with Gasteiger partial charge in [-0.25, -0.2) is 22.8 Å². The molecule has 0 saturated carbocycles. The molecule has 2 aromatic carbocycles. The molecular weight excluding hydrogens is 638 g/mol. The number of nitrogens with one attached hydrogen (secondary N) is 1. The number of aliphatic hydroxyl groups is 1. The first kappa shape index (κ1) is 32.4.